The zero-order valence-corrected chi connectivity index (χ0v) is 10.5. The van der Waals surface area contributed by atoms with Crippen LogP contribution < -0.4 is 4.74 Å². The van der Waals surface area contributed by atoms with E-state index in [1.54, 1.807) is 11.3 Å². The quantitative estimate of drug-likeness (QED) is 0.754. The molecule has 1 aromatic heterocycles. The molecule has 2 nitrogen and oxygen atoms in total. The highest BCUT2D eigenvalue weighted by atomic mass is 32.1. The van der Waals surface area contributed by atoms with Crippen molar-refractivity contribution in [2.45, 2.75) is 13.3 Å². The Morgan fingerprint density at radius 3 is 2.59 bits per heavy atom. The van der Waals surface area contributed by atoms with E-state index >= 15 is 0 Å². The van der Waals surface area contributed by atoms with Crippen LogP contribution in [0.3, 0.4) is 0 Å². The topological polar surface area (TPSA) is 26.3 Å². The Morgan fingerprint density at radius 1 is 1.18 bits per heavy atom. The van der Waals surface area contributed by atoms with Crippen molar-refractivity contribution in [3.05, 3.63) is 52.2 Å². The van der Waals surface area contributed by atoms with Crippen LogP contribution in [0.4, 0.5) is 0 Å². The molecule has 0 aliphatic carbocycles. The maximum atomic E-state index is 11.8. The van der Waals surface area contributed by atoms with Crippen molar-refractivity contribution in [2.75, 3.05) is 6.61 Å². The summed E-state index contributed by atoms with van der Waals surface area (Å²) < 4.78 is 5.42. The lowest BCUT2D eigenvalue weighted by molar-refractivity contribution is 0.0925. The summed E-state index contributed by atoms with van der Waals surface area (Å²) in [5.41, 5.74) is 0. The van der Waals surface area contributed by atoms with E-state index in [4.69, 9.17) is 4.74 Å². The van der Waals surface area contributed by atoms with Crippen LogP contribution in [-0.4, -0.2) is 12.4 Å². The van der Waals surface area contributed by atoms with Crippen LogP contribution in [0.1, 0.15) is 21.5 Å². The maximum absolute atomic E-state index is 11.8. The number of aryl methyl sites for hydroxylation is 1. The van der Waals surface area contributed by atoms with Crippen molar-refractivity contribution in [1.82, 2.24) is 0 Å². The number of ether oxygens (including phenoxy) is 1. The average molecular weight is 246 g/mol. The Balaban J connectivity index is 1.93. The molecule has 0 aliphatic heterocycles. The molecule has 1 heterocycles. The molecule has 2 rings (SSSR count). The first kappa shape index (κ1) is 11.9. The molecule has 0 N–H and O–H groups in total. The SMILES string of the molecule is CCc1ccc(C(=O)COc2ccccc2)s1. The third kappa shape index (κ3) is 3.17. The van der Waals surface area contributed by atoms with Crippen LogP contribution >= 0.6 is 11.3 Å². The van der Waals surface area contributed by atoms with Gasteiger partial charge < -0.3 is 4.74 Å². The van der Waals surface area contributed by atoms with E-state index in [1.807, 2.05) is 42.5 Å². The van der Waals surface area contributed by atoms with Gasteiger partial charge in [0, 0.05) is 4.88 Å². The highest BCUT2D eigenvalue weighted by molar-refractivity contribution is 7.14. The lowest BCUT2D eigenvalue weighted by Gasteiger charge is -2.03. The summed E-state index contributed by atoms with van der Waals surface area (Å²) in [5, 5.41) is 0. The third-order valence-corrected chi connectivity index (χ3v) is 3.67. The molecule has 0 amide bonds. The molecule has 0 aliphatic rings. The second-order valence-electron chi connectivity index (χ2n) is 3.64. The fraction of sp³-hybridized carbons (Fsp3) is 0.214. The number of hydrogen-bond acceptors (Lipinski definition) is 3. The van der Waals surface area contributed by atoms with E-state index in [0.717, 1.165) is 17.0 Å². The van der Waals surface area contributed by atoms with Crippen molar-refractivity contribution < 1.29 is 9.53 Å². The smallest absolute Gasteiger partial charge is 0.210 e. The molecule has 17 heavy (non-hydrogen) atoms. The van der Waals surface area contributed by atoms with Crippen molar-refractivity contribution in [3.63, 3.8) is 0 Å². The third-order valence-electron chi connectivity index (χ3n) is 2.40. The summed E-state index contributed by atoms with van der Waals surface area (Å²) in [7, 11) is 0. The summed E-state index contributed by atoms with van der Waals surface area (Å²) in [6.45, 7) is 2.19. The molecule has 0 unspecified atom stereocenters. The van der Waals surface area contributed by atoms with Crippen molar-refractivity contribution >= 4 is 17.1 Å². The number of carbonyl (C=O) groups is 1. The summed E-state index contributed by atoms with van der Waals surface area (Å²) >= 11 is 1.55. The highest BCUT2D eigenvalue weighted by Crippen LogP contribution is 2.18. The Morgan fingerprint density at radius 2 is 1.94 bits per heavy atom. The van der Waals surface area contributed by atoms with Gasteiger partial charge in [-0.2, -0.15) is 0 Å². The van der Waals surface area contributed by atoms with Gasteiger partial charge in [0.15, 0.2) is 6.61 Å². The Hall–Kier alpha value is -1.61. The number of thiophene rings is 1. The number of rotatable bonds is 5. The van der Waals surface area contributed by atoms with E-state index in [0.29, 0.717) is 0 Å². The van der Waals surface area contributed by atoms with E-state index in [-0.39, 0.29) is 12.4 Å². The first-order valence-corrected chi connectivity index (χ1v) is 6.41. The average Bonchev–Trinajstić information content (AvgIpc) is 2.86. The fourth-order valence-corrected chi connectivity index (χ4v) is 2.33. The van der Waals surface area contributed by atoms with Crippen LogP contribution in [0.25, 0.3) is 0 Å². The van der Waals surface area contributed by atoms with Crippen molar-refractivity contribution in [1.29, 1.82) is 0 Å². The second-order valence-corrected chi connectivity index (χ2v) is 4.81. The Labute approximate surface area is 105 Å². The monoisotopic (exact) mass is 246 g/mol. The molecule has 88 valence electrons. The van der Waals surface area contributed by atoms with E-state index in [9.17, 15) is 4.79 Å². The molecule has 2 aromatic rings. The number of ketones is 1. The lowest BCUT2D eigenvalue weighted by Crippen LogP contribution is -2.09. The molecule has 0 saturated carbocycles. The van der Waals surface area contributed by atoms with Gasteiger partial charge in [0.1, 0.15) is 5.75 Å². The number of carbonyl (C=O) groups excluding carboxylic acids is 1. The van der Waals surface area contributed by atoms with Gasteiger partial charge in [0.25, 0.3) is 0 Å². The van der Waals surface area contributed by atoms with Gasteiger partial charge in [0.05, 0.1) is 4.88 Å². The van der Waals surface area contributed by atoms with Gasteiger partial charge in [-0.05, 0) is 30.7 Å². The predicted molar refractivity (Wildman–Crippen MR) is 70.0 cm³/mol. The number of para-hydroxylation sites is 1. The second kappa shape index (κ2) is 5.64. The molecular formula is C14H14O2S. The minimum Gasteiger partial charge on any atom is -0.485 e. The number of benzene rings is 1. The first-order chi connectivity index (χ1) is 8.29. The Kier molecular flexibility index (Phi) is 3.94. The summed E-state index contributed by atoms with van der Waals surface area (Å²) in [5.74, 6) is 0.770. The minimum absolute atomic E-state index is 0.0403. The van der Waals surface area contributed by atoms with E-state index in [1.165, 1.54) is 4.88 Å². The van der Waals surface area contributed by atoms with E-state index < -0.39 is 0 Å². The summed E-state index contributed by atoms with van der Waals surface area (Å²) in [6, 6.07) is 13.3. The van der Waals surface area contributed by atoms with Gasteiger partial charge in [-0.25, -0.2) is 0 Å². The fourth-order valence-electron chi connectivity index (χ4n) is 1.45. The van der Waals surface area contributed by atoms with Gasteiger partial charge in [-0.1, -0.05) is 25.1 Å². The minimum atomic E-state index is 0.0403. The molecular weight excluding hydrogens is 232 g/mol. The molecule has 0 bridgehead atoms. The summed E-state index contributed by atoms with van der Waals surface area (Å²) in [4.78, 5) is 13.8. The molecule has 0 radical (unpaired) electrons. The van der Waals surface area contributed by atoms with Crippen LogP contribution in [-0.2, 0) is 6.42 Å². The number of hydrogen-bond donors (Lipinski definition) is 0. The Bertz CT molecular complexity index is 488. The van der Waals surface area contributed by atoms with Crippen LogP contribution in [0, 0.1) is 0 Å². The molecule has 0 fully saturated rings. The van der Waals surface area contributed by atoms with Gasteiger partial charge in [-0.15, -0.1) is 11.3 Å². The molecule has 3 heteroatoms. The standard InChI is InChI=1S/C14H14O2S/c1-2-12-8-9-14(17-12)13(15)10-16-11-6-4-3-5-7-11/h3-9H,2,10H2,1H3. The predicted octanol–water partition coefficient (Wildman–Crippen LogP) is 3.57. The maximum Gasteiger partial charge on any atom is 0.210 e. The largest absolute Gasteiger partial charge is 0.485 e. The molecule has 0 saturated heterocycles. The van der Waals surface area contributed by atoms with Gasteiger partial charge >= 0.3 is 0 Å². The van der Waals surface area contributed by atoms with Crippen LogP contribution in [0.15, 0.2) is 42.5 Å². The van der Waals surface area contributed by atoms with Crippen LogP contribution in [0.2, 0.25) is 0 Å². The zero-order chi connectivity index (χ0) is 12.1. The first-order valence-electron chi connectivity index (χ1n) is 5.59. The van der Waals surface area contributed by atoms with Crippen molar-refractivity contribution in [2.24, 2.45) is 0 Å². The van der Waals surface area contributed by atoms with Crippen molar-refractivity contribution in [3.8, 4) is 5.75 Å². The van der Waals surface area contributed by atoms with E-state index in [2.05, 4.69) is 6.92 Å². The van der Waals surface area contributed by atoms with Crippen LogP contribution in [0.5, 0.6) is 5.75 Å². The van der Waals surface area contributed by atoms with Gasteiger partial charge in [0.2, 0.25) is 5.78 Å². The molecule has 0 spiro atoms. The summed E-state index contributed by atoms with van der Waals surface area (Å²) in [6.07, 6.45) is 0.970. The molecule has 0 atom stereocenters. The molecule has 1 aromatic carbocycles. The lowest BCUT2D eigenvalue weighted by atomic mass is 10.3. The zero-order valence-electron chi connectivity index (χ0n) is 9.68. The van der Waals surface area contributed by atoms with Gasteiger partial charge in [-0.3, -0.25) is 4.79 Å². The number of Topliss-reactive ketones (excluding diaryl/α,β-unsaturated/α-hetero) is 1. The highest BCUT2D eigenvalue weighted by Gasteiger charge is 2.09. The normalized spacial score (nSPS) is 10.2.